The van der Waals surface area contributed by atoms with Crippen LogP contribution in [0.3, 0.4) is 0 Å². The summed E-state index contributed by atoms with van der Waals surface area (Å²) < 4.78 is 16.4. The first-order valence-corrected chi connectivity index (χ1v) is 8.63. The third-order valence-electron chi connectivity index (χ3n) is 1.93. The summed E-state index contributed by atoms with van der Waals surface area (Å²) in [6.45, 7) is 8.10. The van der Waals surface area contributed by atoms with E-state index >= 15 is 0 Å². The van der Waals surface area contributed by atoms with Crippen LogP contribution < -0.4 is 5.90 Å². The Hall–Kier alpha value is 0.789. The zero-order chi connectivity index (χ0) is 11.2. The molecule has 0 saturated carbocycles. The number of quaternary nitrogens is 1. The van der Waals surface area contributed by atoms with Crippen molar-refractivity contribution in [2.75, 3.05) is 0 Å². The molecule has 0 aliphatic carbocycles. The van der Waals surface area contributed by atoms with Crippen molar-refractivity contribution in [2.45, 2.75) is 52.7 Å². The van der Waals surface area contributed by atoms with Crippen molar-refractivity contribution in [1.29, 1.82) is 0 Å². The Bertz CT molecular complexity index is 187. The van der Waals surface area contributed by atoms with Gasteiger partial charge in [-0.2, -0.15) is 0 Å². The molecular formula is C8H21NO3PSe+. The first-order valence-electron chi connectivity index (χ1n) is 4.88. The molecule has 0 saturated heterocycles. The van der Waals surface area contributed by atoms with Crippen molar-refractivity contribution in [1.82, 2.24) is 0 Å². The molecule has 3 N–H and O–H groups in total. The molecule has 14 heavy (non-hydrogen) atoms. The fraction of sp³-hybridized carbons (Fsp3) is 1.00. The van der Waals surface area contributed by atoms with E-state index in [9.17, 15) is 0 Å². The van der Waals surface area contributed by atoms with Crippen LogP contribution in [0.15, 0.2) is 0 Å². The van der Waals surface area contributed by atoms with Gasteiger partial charge in [-0.1, -0.05) is 0 Å². The minimum atomic E-state index is -2.33. The molecule has 0 amide bonds. The van der Waals surface area contributed by atoms with Gasteiger partial charge >= 0.3 is 93.6 Å². The van der Waals surface area contributed by atoms with Gasteiger partial charge in [-0.3, -0.25) is 0 Å². The van der Waals surface area contributed by atoms with Crippen LogP contribution >= 0.6 is 6.19 Å². The molecule has 0 rings (SSSR count). The average molecular weight is 289 g/mol. The summed E-state index contributed by atoms with van der Waals surface area (Å²) in [5.74, 6) is 3.40. The van der Waals surface area contributed by atoms with Gasteiger partial charge in [0.1, 0.15) is 0 Å². The van der Waals surface area contributed by atoms with Gasteiger partial charge in [0.25, 0.3) is 0 Å². The summed E-state index contributed by atoms with van der Waals surface area (Å²) in [5.41, 5.74) is 0. The van der Waals surface area contributed by atoms with E-state index in [0.29, 0.717) is 0 Å². The molecule has 0 aromatic carbocycles. The summed E-state index contributed by atoms with van der Waals surface area (Å²) in [6, 6.07) is 0. The molecule has 0 spiro atoms. The van der Waals surface area contributed by atoms with Crippen LogP contribution in [-0.4, -0.2) is 27.3 Å². The van der Waals surface area contributed by atoms with Crippen molar-refractivity contribution in [3.63, 3.8) is 0 Å². The normalized spacial score (nSPS) is 20.1. The quantitative estimate of drug-likeness (QED) is 0.440. The van der Waals surface area contributed by atoms with E-state index < -0.39 is 6.19 Å². The van der Waals surface area contributed by atoms with Gasteiger partial charge in [-0.05, 0) is 0 Å². The molecule has 0 fully saturated rings. The monoisotopic (exact) mass is 290 g/mol. The standard InChI is InChI=1S/C8H21NO3PSe/c1-5-7(3)10-13(14,12-9)11-8(4)6-2/h7-8H,5-6H2,1-4,9H3/q+1. The van der Waals surface area contributed by atoms with Gasteiger partial charge < -0.3 is 0 Å². The Balaban J connectivity index is 4.25. The second-order valence-electron chi connectivity index (χ2n) is 3.22. The Morgan fingerprint density at radius 1 is 1.14 bits per heavy atom. The van der Waals surface area contributed by atoms with Crippen molar-refractivity contribution in [3.8, 4) is 0 Å². The van der Waals surface area contributed by atoms with Gasteiger partial charge in [0.05, 0.1) is 0 Å². The zero-order valence-electron chi connectivity index (χ0n) is 9.36. The maximum atomic E-state index is 5.66. The number of hydrogen-bond donors (Lipinski definition) is 1. The van der Waals surface area contributed by atoms with Gasteiger partial charge in [0.15, 0.2) is 0 Å². The van der Waals surface area contributed by atoms with Crippen molar-refractivity contribution < 1.29 is 19.6 Å². The van der Waals surface area contributed by atoms with Crippen LogP contribution in [0.1, 0.15) is 40.5 Å². The van der Waals surface area contributed by atoms with E-state index in [4.69, 9.17) is 13.7 Å². The van der Waals surface area contributed by atoms with Crippen LogP contribution in [0.5, 0.6) is 0 Å². The number of rotatable bonds is 7. The van der Waals surface area contributed by atoms with E-state index in [0.717, 1.165) is 12.8 Å². The topological polar surface area (TPSA) is 55.3 Å². The SMILES string of the molecule is CCC(C)OP(=[Se])(O[NH3+])OC(C)CC. The van der Waals surface area contributed by atoms with Gasteiger partial charge in [0, 0.05) is 0 Å². The second kappa shape index (κ2) is 7.13. The van der Waals surface area contributed by atoms with Gasteiger partial charge in [0.2, 0.25) is 0 Å². The summed E-state index contributed by atoms with van der Waals surface area (Å²) >= 11 is 2.85. The predicted octanol–water partition coefficient (Wildman–Crippen LogP) is 1.64. The summed E-state index contributed by atoms with van der Waals surface area (Å²) in [4.78, 5) is 0. The van der Waals surface area contributed by atoms with Gasteiger partial charge in [-0.25, -0.2) is 0 Å². The molecule has 0 aromatic heterocycles. The molecule has 4 nitrogen and oxygen atoms in total. The van der Waals surface area contributed by atoms with Crippen molar-refractivity contribution >= 4 is 21.3 Å². The van der Waals surface area contributed by atoms with Crippen LogP contribution in [-0.2, 0) is 13.7 Å². The summed E-state index contributed by atoms with van der Waals surface area (Å²) in [7, 11) is 0. The third-order valence-corrected chi connectivity index (χ3v) is 5.23. The number of hydrogen-bond acceptors (Lipinski definition) is 3. The molecule has 0 aromatic rings. The van der Waals surface area contributed by atoms with Crippen molar-refractivity contribution in [2.24, 2.45) is 0 Å². The molecule has 86 valence electrons. The molecule has 0 aliphatic heterocycles. The third kappa shape index (κ3) is 5.62. The fourth-order valence-electron chi connectivity index (χ4n) is 0.676. The van der Waals surface area contributed by atoms with E-state index in [1.165, 1.54) is 0 Å². The fourth-order valence-corrected chi connectivity index (χ4v) is 3.88. The molecular weight excluding hydrogens is 268 g/mol. The molecule has 2 atom stereocenters. The molecule has 2 unspecified atom stereocenters. The van der Waals surface area contributed by atoms with E-state index in [1.54, 1.807) is 0 Å². The summed E-state index contributed by atoms with van der Waals surface area (Å²) in [5, 5.41) is 0. The molecule has 0 heterocycles. The van der Waals surface area contributed by atoms with Crippen molar-refractivity contribution in [3.05, 3.63) is 0 Å². The Morgan fingerprint density at radius 3 is 1.71 bits per heavy atom. The molecule has 0 radical (unpaired) electrons. The minimum absolute atomic E-state index is 0.121. The predicted molar refractivity (Wildman–Crippen MR) is 58.3 cm³/mol. The Labute approximate surface area is 93.9 Å². The Kier molecular flexibility index (Phi) is 7.53. The first-order chi connectivity index (χ1) is 6.47. The molecule has 0 bridgehead atoms. The van der Waals surface area contributed by atoms with Crippen LogP contribution in [0, 0.1) is 0 Å². The van der Waals surface area contributed by atoms with Crippen LogP contribution in [0.2, 0.25) is 0 Å². The van der Waals surface area contributed by atoms with E-state index in [-0.39, 0.29) is 12.2 Å². The first kappa shape index (κ1) is 14.8. The maximum absolute atomic E-state index is 5.66. The second-order valence-corrected chi connectivity index (χ2v) is 7.61. The van der Waals surface area contributed by atoms with Crippen LogP contribution in [0.4, 0.5) is 0 Å². The van der Waals surface area contributed by atoms with E-state index in [2.05, 4.69) is 34.8 Å². The zero-order valence-corrected chi connectivity index (χ0v) is 12.0. The van der Waals surface area contributed by atoms with Crippen LogP contribution in [0.25, 0.3) is 0 Å². The summed E-state index contributed by atoms with van der Waals surface area (Å²) in [6.07, 6.45) is -0.236. The van der Waals surface area contributed by atoms with E-state index in [1.807, 2.05) is 13.8 Å². The molecule has 6 heteroatoms. The molecule has 0 aliphatic rings. The Morgan fingerprint density at radius 2 is 1.50 bits per heavy atom. The average Bonchev–Trinajstić information content (AvgIpc) is 2.17. The van der Waals surface area contributed by atoms with Gasteiger partial charge in [-0.15, -0.1) is 0 Å².